The van der Waals surface area contributed by atoms with Crippen LogP contribution in [0.1, 0.15) is 0 Å². The minimum atomic E-state index is 0.674. The lowest BCUT2D eigenvalue weighted by Gasteiger charge is -2.15. The molecule has 60 valence electrons. The predicted octanol–water partition coefficient (Wildman–Crippen LogP) is 2.72. The van der Waals surface area contributed by atoms with Gasteiger partial charge in [0.15, 0.2) is 0 Å². The quantitative estimate of drug-likeness (QED) is 0.512. The summed E-state index contributed by atoms with van der Waals surface area (Å²) < 4.78 is 0. The Hall–Kier alpha value is -1.04. The molecule has 0 fully saturated rings. The minimum absolute atomic E-state index is 0.674. The van der Waals surface area contributed by atoms with Gasteiger partial charge in [0.2, 0.25) is 0 Å². The molecule has 3 rings (SSSR count). The second-order valence-corrected chi connectivity index (χ2v) is 3.90. The molecule has 0 aromatic carbocycles. The molecule has 0 unspecified atom stereocenters. The van der Waals surface area contributed by atoms with E-state index in [1.807, 2.05) is 6.08 Å². The van der Waals surface area contributed by atoms with Gasteiger partial charge in [0.25, 0.3) is 0 Å². The van der Waals surface area contributed by atoms with Crippen LogP contribution < -0.4 is 0 Å². The van der Waals surface area contributed by atoms with Crippen LogP contribution >= 0.6 is 0 Å². The summed E-state index contributed by atoms with van der Waals surface area (Å²) in [5, 5.41) is 0. The van der Waals surface area contributed by atoms with E-state index in [0.717, 1.165) is 5.92 Å². The van der Waals surface area contributed by atoms with Crippen LogP contribution in [0.5, 0.6) is 0 Å². The number of allylic oxidation sites excluding steroid dienone is 7. The molecule has 0 heterocycles. The largest absolute Gasteiger partial charge is 0.0988 e. The molecule has 0 radical (unpaired) electrons. The number of hydrogen-bond acceptors (Lipinski definition) is 0. The van der Waals surface area contributed by atoms with Crippen molar-refractivity contribution in [2.75, 3.05) is 0 Å². The Morgan fingerprint density at radius 1 is 1.08 bits per heavy atom. The SMILES string of the molecule is C=CC1=C[C@@H]2C=C[C@@H]3C=C[C@@H]1[C@@H]32. The molecule has 0 N–H and O–H groups in total. The molecule has 4 atom stereocenters. The van der Waals surface area contributed by atoms with Gasteiger partial charge in [-0.15, -0.1) is 0 Å². The van der Waals surface area contributed by atoms with Crippen molar-refractivity contribution in [3.8, 4) is 0 Å². The van der Waals surface area contributed by atoms with E-state index in [1.54, 1.807) is 0 Å². The highest BCUT2D eigenvalue weighted by Gasteiger charge is 2.42. The van der Waals surface area contributed by atoms with Gasteiger partial charge in [-0.25, -0.2) is 0 Å². The Morgan fingerprint density at radius 3 is 2.67 bits per heavy atom. The lowest BCUT2D eigenvalue weighted by Crippen LogP contribution is -2.12. The summed E-state index contributed by atoms with van der Waals surface area (Å²) in [7, 11) is 0. The van der Waals surface area contributed by atoms with E-state index in [0.29, 0.717) is 17.8 Å². The average Bonchev–Trinajstić information content (AvgIpc) is 2.72. The first-order valence-electron chi connectivity index (χ1n) is 4.61. The molecule has 0 aliphatic heterocycles. The third-order valence-corrected chi connectivity index (χ3v) is 3.41. The zero-order chi connectivity index (χ0) is 8.13. The fourth-order valence-corrected chi connectivity index (χ4v) is 2.85. The van der Waals surface area contributed by atoms with Gasteiger partial charge in [0, 0.05) is 5.92 Å². The van der Waals surface area contributed by atoms with Crippen molar-refractivity contribution in [3.05, 3.63) is 48.6 Å². The zero-order valence-electron chi connectivity index (χ0n) is 6.98. The summed E-state index contributed by atoms with van der Waals surface area (Å²) in [6.07, 6.45) is 13.8. The van der Waals surface area contributed by atoms with Gasteiger partial charge in [0.1, 0.15) is 0 Å². The van der Waals surface area contributed by atoms with Crippen molar-refractivity contribution in [3.63, 3.8) is 0 Å². The summed E-state index contributed by atoms with van der Waals surface area (Å²) in [5.74, 6) is 2.90. The van der Waals surface area contributed by atoms with Crippen molar-refractivity contribution in [2.45, 2.75) is 0 Å². The molecule has 0 aromatic heterocycles. The zero-order valence-corrected chi connectivity index (χ0v) is 6.98. The van der Waals surface area contributed by atoms with Gasteiger partial charge in [-0.05, 0) is 23.3 Å². The number of hydrogen-bond donors (Lipinski definition) is 0. The fraction of sp³-hybridized carbons (Fsp3) is 0.333. The van der Waals surface area contributed by atoms with Gasteiger partial charge in [0.05, 0.1) is 0 Å². The number of rotatable bonds is 1. The van der Waals surface area contributed by atoms with Crippen molar-refractivity contribution >= 4 is 0 Å². The first kappa shape index (κ1) is 6.47. The van der Waals surface area contributed by atoms with E-state index in [9.17, 15) is 0 Å². The smallest absolute Gasteiger partial charge is 0.00605 e. The summed E-state index contributed by atoms with van der Waals surface area (Å²) in [4.78, 5) is 0. The molecule has 0 heteroatoms. The van der Waals surface area contributed by atoms with Crippen LogP contribution in [0.3, 0.4) is 0 Å². The average molecular weight is 156 g/mol. The molecule has 3 aliphatic rings. The lowest BCUT2D eigenvalue weighted by atomic mass is 9.87. The summed E-state index contributed by atoms with van der Waals surface area (Å²) in [5.41, 5.74) is 1.44. The predicted molar refractivity (Wildman–Crippen MR) is 50.5 cm³/mol. The van der Waals surface area contributed by atoms with E-state index >= 15 is 0 Å². The summed E-state index contributed by atoms with van der Waals surface area (Å²) >= 11 is 0. The van der Waals surface area contributed by atoms with E-state index < -0.39 is 0 Å². The molecule has 0 nitrogen and oxygen atoms in total. The van der Waals surface area contributed by atoms with Crippen LogP contribution in [0.2, 0.25) is 0 Å². The highest BCUT2D eigenvalue weighted by Crippen LogP contribution is 2.51. The van der Waals surface area contributed by atoms with E-state index in [2.05, 4.69) is 37.0 Å². The molecular weight excluding hydrogens is 144 g/mol. The maximum atomic E-state index is 3.86. The van der Waals surface area contributed by atoms with Crippen LogP contribution in [0.25, 0.3) is 0 Å². The molecule has 0 amide bonds. The molecule has 0 spiro atoms. The van der Waals surface area contributed by atoms with Crippen LogP contribution in [-0.4, -0.2) is 0 Å². The van der Waals surface area contributed by atoms with Crippen LogP contribution in [0, 0.1) is 23.7 Å². The molecule has 0 saturated heterocycles. The van der Waals surface area contributed by atoms with Crippen molar-refractivity contribution < 1.29 is 0 Å². The van der Waals surface area contributed by atoms with Crippen LogP contribution in [0.15, 0.2) is 48.6 Å². The summed E-state index contributed by atoms with van der Waals surface area (Å²) in [6.45, 7) is 3.86. The molecule has 3 aliphatic carbocycles. The third-order valence-electron chi connectivity index (χ3n) is 3.41. The van der Waals surface area contributed by atoms with Crippen LogP contribution in [-0.2, 0) is 0 Å². The molecule has 0 bridgehead atoms. The van der Waals surface area contributed by atoms with Gasteiger partial charge in [-0.1, -0.05) is 43.0 Å². The van der Waals surface area contributed by atoms with Crippen molar-refractivity contribution in [2.24, 2.45) is 23.7 Å². The Morgan fingerprint density at radius 2 is 1.83 bits per heavy atom. The monoisotopic (exact) mass is 156 g/mol. The standard InChI is InChI=1S/C12H12/c1-2-8-7-10-4-3-9-5-6-11(8)12(9)10/h2-7,9-12H,1H2/t9-,10+,11+,12+/m1/s1. The van der Waals surface area contributed by atoms with Crippen molar-refractivity contribution in [1.82, 2.24) is 0 Å². The molecule has 0 saturated carbocycles. The molecular formula is C12H12. The second kappa shape index (κ2) is 2.01. The molecule has 12 heavy (non-hydrogen) atoms. The maximum Gasteiger partial charge on any atom is 0.00605 e. The highest BCUT2D eigenvalue weighted by molar-refractivity contribution is 5.41. The molecule has 0 aromatic rings. The summed E-state index contributed by atoms with van der Waals surface area (Å²) in [6, 6.07) is 0. The minimum Gasteiger partial charge on any atom is -0.0988 e. The Kier molecular flexibility index (Phi) is 1.08. The topological polar surface area (TPSA) is 0 Å². The van der Waals surface area contributed by atoms with E-state index in [-0.39, 0.29) is 0 Å². The lowest BCUT2D eigenvalue weighted by molar-refractivity contribution is 0.414. The fourth-order valence-electron chi connectivity index (χ4n) is 2.85. The van der Waals surface area contributed by atoms with Crippen molar-refractivity contribution in [1.29, 1.82) is 0 Å². The maximum absolute atomic E-state index is 3.86. The highest BCUT2D eigenvalue weighted by atomic mass is 14.5. The second-order valence-electron chi connectivity index (χ2n) is 3.90. The first-order chi connectivity index (χ1) is 5.90. The Balaban J connectivity index is 2.10. The third kappa shape index (κ3) is 0.592. The normalized spacial score (nSPS) is 46.5. The van der Waals surface area contributed by atoms with Gasteiger partial charge in [-0.2, -0.15) is 0 Å². The Bertz CT molecular complexity index is 317. The van der Waals surface area contributed by atoms with Crippen LogP contribution in [0.4, 0.5) is 0 Å². The van der Waals surface area contributed by atoms with E-state index in [4.69, 9.17) is 0 Å². The Labute approximate surface area is 73.0 Å². The first-order valence-corrected chi connectivity index (χ1v) is 4.61. The van der Waals surface area contributed by atoms with Gasteiger partial charge < -0.3 is 0 Å². The van der Waals surface area contributed by atoms with Gasteiger partial charge in [-0.3, -0.25) is 0 Å². The van der Waals surface area contributed by atoms with Gasteiger partial charge >= 0.3 is 0 Å². The van der Waals surface area contributed by atoms with E-state index in [1.165, 1.54) is 5.57 Å².